The number of ether oxygens (including phenoxy) is 1. The van der Waals surface area contributed by atoms with Crippen LogP contribution in [0.1, 0.15) is 70.7 Å². The number of aromatic nitrogens is 2. The van der Waals surface area contributed by atoms with Gasteiger partial charge in [0.25, 0.3) is 0 Å². The molecule has 0 unspecified atom stereocenters. The van der Waals surface area contributed by atoms with Crippen LogP contribution in [0, 0.1) is 5.41 Å². The van der Waals surface area contributed by atoms with Gasteiger partial charge in [0.2, 0.25) is 11.8 Å². The number of piperidine rings is 1. The van der Waals surface area contributed by atoms with Gasteiger partial charge in [-0.3, -0.25) is 4.79 Å². The van der Waals surface area contributed by atoms with Crippen LogP contribution in [0.15, 0.2) is 28.8 Å². The third-order valence-electron chi connectivity index (χ3n) is 4.29. The van der Waals surface area contributed by atoms with Gasteiger partial charge in [-0.1, -0.05) is 45.0 Å². The number of hydrogen-bond acceptors (Lipinski definition) is 5. The summed E-state index contributed by atoms with van der Waals surface area (Å²) in [5, 5.41) is 3.94. The second-order valence-corrected chi connectivity index (χ2v) is 9.20. The zero-order valence-electron chi connectivity index (χ0n) is 18.6. The van der Waals surface area contributed by atoms with Crippen molar-refractivity contribution in [3.8, 4) is 5.75 Å². The molecule has 0 radical (unpaired) electrons. The number of benzene rings is 1. The van der Waals surface area contributed by atoms with Crippen molar-refractivity contribution in [3.05, 3.63) is 41.5 Å². The maximum Gasteiger partial charge on any atom is 0.573 e. The molecule has 1 aliphatic rings. The molecule has 1 aromatic carbocycles. The molecule has 1 fully saturated rings. The topological polar surface area (TPSA) is 68.5 Å². The number of carbonyl (C=O) groups is 1. The number of amides is 1. The summed E-state index contributed by atoms with van der Waals surface area (Å²) in [4.78, 5) is 17.5. The highest BCUT2D eigenvalue weighted by Gasteiger charge is 2.31. The van der Waals surface area contributed by atoms with Crippen LogP contribution in [0.5, 0.6) is 5.75 Å². The molecule has 0 N–H and O–H groups in total. The van der Waals surface area contributed by atoms with Crippen molar-refractivity contribution < 1.29 is 27.2 Å². The summed E-state index contributed by atoms with van der Waals surface area (Å²) in [6.07, 6.45) is -2.82. The molecule has 1 aromatic heterocycles. The third kappa shape index (κ3) is 9.40. The Morgan fingerprint density at radius 3 is 2.16 bits per heavy atom. The molecule has 31 heavy (non-hydrogen) atoms. The lowest BCUT2D eigenvalue weighted by Gasteiger charge is -2.29. The number of likely N-dealkylation sites (tertiary alicyclic amines) is 1. The van der Waals surface area contributed by atoms with Gasteiger partial charge in [0, 0.05) is 32.4 Å². The molecule has 0 atom stereocenters. The highest BCUT2D eigenvalue weighted by Crippen LogP contribution is 2.27. The van der Waals surface area contributed by atoms with Gasteiger partial charge >= 0.3 is 6.36 Å². The van der Waals surface area contributed by atoms with E-state index in [0.717, 1.165) is 18.4 Å². The maximum atomic E-state index is 12.2. The first-order valence-corrected chi connectivity index (χ1v) is 10.2. The van der Waals surface area contributed by atoms with E-state index in [1.54, 1.807) is 11.8 Å². The Balaban J connectivity index is 0.000000614. The lowest BCUT2D eigenvalue weighted by Crippen LogP contribution is -2.36. The Bertz CT molecular complexity index is 828. The average molecular weight is 441 g/mol. The van der Waals surface area contributed by atoms with E-state index in [9.17, 15) is 18.0 Å². The Hall–Kier alpha value is -2.58. The molecule has 0 spiro atoms. The van der Waals surface area contributed by atoms with E-state index in [2.05, 4.69) is 42.6 Å². The summed E-state index contributed by atoms with van der Waals surface area (Å²) in [5.74, 6) is 0.924. The molecule has 0 bridgehead atoms. The van der Waals surface area contributed by atoms with Crippen LogP contribution >= 0.6 is 0 Å². The second-order valence-electron chi connectivity index (χ2n) is 9.20. The lowest BCUT2D eigenvalue weighted by atomic mass is 9.97. The zero-order valence-corrected chi connectivity index (χ0v) is 18.6. The number of rotatable bonds is 4. The summed E-state index contributed by atoms with van der Waals surface area (Å²) in [5.41, 5.74) is 1.25. The van der Waals surface area contributed by atoms with Gasteiger partial charge in [0.15, 0.2) is 5.82 Å². The molecule has 1 saturated heterocycles. The van der Waals surface area contributed by atoms with Gasteiger partial charge in [0.1, 0.15) is 5.75 Å². The van der Waals surface area contributed by atoms with Crippen molar-refractivity contribution >= 4 is 5.91 Å². The molecule has 172 valence electrons. The lowest BCUT2D eigenvalue weighted by molar-refractivity contribution is -0.274. The minimum absolute atomic E-state index is 0.0626. The van der Waals surface area contributed by atoms with Gasteiger partial charge in [-0.25, -0.2) is 0 Å². The summed E-state index contributed by atoms with van der Waals surface area (Å²) in [6.45, 7) is 11.6. The first-order chi connectivity index (χ1) is 14.3. The minimum atomic E-state index is -4.71. The number of halogens is 3. The summed E-state index contributed by atoms with van der Waals surface area (Å²) < 4.78 is 45.6. The van der Waals surface area contributed by atoms with Crippen LogP contribution in [0.2, 0.25) is 0 Å². The van der Waals surface area contributed by atoms with E-state index >= 15 is 0 Å². The molecule has 2 aromatic rings. The van der Waals surface area contributed by atoms with Crippen LogP contribution in [0.3, 0.4) is 0 Å². The highest BCUT2D eigenvalue weighted by atomic mass is 19.4. The second kappa shape index (κ2) is 10.2. The minimum Gasteiger partial charge on any atom is -0.406 e. The average Bonchev–Trinajstić information content (AvgIpc) is 3.09. The fourth-order valence-electron chi connectivity index (χ4n) is 2.94. The van der Waals surface area contributed by atoms with Crippen LogP contribution in [-0.2, 0) is 11.2 Å². The zero-order chi connectivity index (χ0) is 23.2. The normalized spacial score (nSPS) is 15.3. The molecular weight excluding hydrogens is 411 g/mol. The predicted molar refractivity (Wildman–Crippen MR) is 110 cm³/mol. The van der Waals surface area contributed by atoms with Gasteiger partial charge in [0.05, 0.1) is 0 Å². The first kappa shape index (κ1) is 24.7. The smallest absolute Gasteiger partial charge is 0.406 e. The van der Waals surface area contributed by atoms with Gasteiger partial charge in [-0.2, -0.15) is 4.98 Å². The Kier molecular flexibility index (Phi) is 8.08. The van der Waals surface area contributed by atoms with Crippen LogP contribution in [-0.4, -0.2) is 40.4 Å². The first-order valence-electron chi connectivity index (χ1n) is 10.2. The van der Waals surface area contributed by atoms with E-state index in [-0.39, 0.29) is 17.6 Å². The molecular formula is C22H30F3N3O3. The van der Waals surface area contributed by atoms with E-state index in [0.29, 0.717) is 36.6 Å². The summed E-state index contributed by atoms with van der Waals surface area (Å²) in [6, 6.07) is 5.56. The SMILES string of the molecule is CC(=O)N1CCC(c2nc(Cc3ccc(OC(F)(F)F)cc3)no2)CC1.CC(C)(C)C. The molecule has 3 rings (SSSR count). The largest absolute Gasteiger partial charge is 0.573 e. The van der Waals surface area contributed by atoms with Crippen molar-refractivity contribution in [2.75, 3.05) is 13.1 Å². The van der Waals surface area contributed by atoms with Crippen molar-refractivity contribution in [2.45, 2.75) is 66.2 Å². The van der Waals surface area contributed by atoms with E-state index < -0.39 is 6.36 Å². The van der Waals surface area contributed by atoms with Gasteiger partial charge in [-0.15, -0.1) is 13.2 Å². The number of nitrogens with zero attached hydrogens (tertiary/aromatic N) is 3. The van der Waals surface area contributed by atoms with E-state index in [1.807, 2.05) is 0 Å². The van der Waals surface area contributed by atoms with Crippen molar-refractivity contribution in [1.29, 1.82) is 0 Å². The van der Waals surface area contributed by atoms with Gasteiger partial charge in [-0.05, 0) is 36.0 Å². The van der Waals surface area contributed by atoms with Crippen LogP contribution in [0.4, 0.5) is 13.2 Å². The maximum absolute atomic E-state index is 12.2. The molecule has 1 amide bonds. The molecule has 6 nitrogen and oxygen atoms in total. The summed E-state index contributed by atoms with van der Waals surface area (Å²) in [7, 11) is 0. The number of hydrogen-bond donors (Lipinski definition) is 0. The Morgan fingerprint density at radius 2 is 1.68 bits per heavy atom. The van der Waals surface area contributed by atoms with E-state index in [4.69, 9.17) is 4.52 Å². The quantitative estimate of drug-likeness (QED) is 0.641. The van der Waals surface area contributed by atoms with Gasteiger partial charge < -0.3 is 14.2 Å². The van der Waals surface area contributed by atoms with Crippen molar-refractivity contribution in [2.24, 2.45) is 5.41 Å². The highest BCUT2D eigenvalue weighted by molar-refractivity contribution is 5.73. The molecule has 1 aliphatic heterocycles. The van der Waals surface area contributed by atoms with Crippen molar-refractivity contribution in [3.63, 3.8) is 0 Å². The number of carbonyl (C=O) groups excluding carboxylic acids is 1. The van der Waals surface area contributed by atoms with E-state index in [1.165, 1.54) is 24.3 Å². The Morgan fingerprint density at radius 1 is 1.13 bits per heavy atom. The summed E-state index contributed by atoms with van der Waals surface area (Å²) >= 11 is 0. The molecule has 0 saturated carbocycles. The molecule has 9 heteroatoms. The predicted octanol–water partition coefficient (Wildman–Crippen LogP) is 5.34. The number of alkyl halides is 3. The van der Waals surface area contributed by atoms with Crippen LogP contribution in [0.25, 0.3) is 0 Å². The Labute approximate surface area is 180 Å². The molecule has 0 aliphatic carbocycles. The van der Waals surface area contributed by atoms with Crippen molar-refractivity contribution in [1.82, 2.24) is 15.0 Å². The molecule has 2 heterocycles. The standard InChI is InChI=1S/C17H18F3N3O3.C5H12/c1-11(24)23-8-6-13(7-9-23)16-21-15(22-26-16)10-12-2-4-14(5-3-12)25-17(18,19)20;1-5(2,3)4/h2-5,13H,6-10H2,1H3;1-4H3. The van der Waals surface area contributed by atoms with Crippen LogP contribution < -0.4 is 4.74 Å². The monoisotopic (exact) mass is 441 g/mol. The fourth-order valence-corrected chi connectivity index (χ4v) is 2.94. The fraction of sp³-hybridized carbons (Fsp3) is 0.591. The third-order valence-corrected chi connectivity index (χ3v) is 4.29.